The van der Waals surface area contributed by atoms with Gasteiger partial charge < -0.3 is 14.6 Å². The summed E-state index contributed by atoms with van der Waals surface area (Å²) in [4.78, 5) is 11.5. The van der Waals surface area contributed by atoms with E-state index in [2.05, 4.69) is 12.2 Å². The van der Waals surface area contributed by atoms with Crippen molar-refractivity contribution >= 4 is 0 Å². The van der Waals surface area contributed by atoms with E-state index in [1.54, 1.807) is 16.7 Å². The lowest BCUT2D eigenvalue weighted by atomic mass is 10.1. The predicted molar refractivity (Wildman–Crippen MR) is 67.1 cm³/mol. The molecule has 2 rings (SSSR count). The molecule has 0 radical (unpaired) electrons. The Balaban J connectivity index is 1.76. The van der Waals surface area contributed by atoms with Gasteiger partial charge in [-0.15, -0.1) is 0 Å². The minimum absolute atomic E-state index is 0.0547. The largest absolute Gasteiger partial charge is 0.377 e. The maximum atomic E-state index is 11.5. The molecule has 0 aliphatic carbocycles. The van der Waals surface area contributed by atoms with Crippen molar-refractivity contribution in [1.29, 1.82) is 0 Å². The van der Waals surface area contributed by atoms with E-state index in [0.717, 1.165) is 26.0 Å². The first-order chi connectivity index (χ1) is 8.27. The van der Waals surface area contributed by atoms with E-state index in [4.69, 9.17) is 4.74 Å². The smallest absolute Gasteiger partial charge is 0.250 e. The van der Waals surface area contributed by atoms with Crippen LogP contribution in [0.5, 0.6) is 0 Å². The number of hydrogen-bond acceptors (Lipinski definition) is 3. The fourth-order valence-electron chi connectivity index (χ4n) is 2.19. The van der Waals surface area contributed by atoms with Gasteiger partial charge in [-0.05, 0) is 25.8 Å². The summed E-state index contributed by atoms with van der Waals surface area (Å²) in [5, 5.41) is 3.42. The third-order valence-electron chi connectivity index (χ3n) is 3.24. The maximum absolute atomic E-state index is 11.5. The Hall–Kier alpha value is -1.13. The molecular formula is C13H20N2O2. The van der Waals surface area contributed by atoms with Gasteiger partial charge in [-0.1, -0.05) is 6.07 Å². The minimum atomic E-state index is 0.0547. The van der Waals surface area contributed by atoms with Crippen molar-refractivity contribution in [1.82, 2.24) is 9.88 Å². The van der Waals surface area contributed by atoms with Crippen molar-refractivity contribution in [3.05, 3.63) is 34.7 Å². The molecule has 0 saturated carbocycles. The first-order valence-corrected chi connectivity index (χ1v) is 6.28. The number of hydrogen-bond donors (Lipinski definition) is 1. The molecule has 1 saturated heterocycles. The van der Waals surface area contributed by atoms with Crippen molar-refractivity contribution in [3.8, 4) is 0 Å². The molecule has 0 amide bonds. The summed E-state index contributed by atoms with van der Waals surface area (Å²) in [5.41, 5.74) is 0.0547. The van der Waals surface area contributed by atoms with Gasteiger partial charge in [0.05, 0.1) is 6.10 Å². The Bertz CT molecular complexity index is 396. The molecule has 4 nitrogen and oxygen atoms in total. The van der Waals surface area contributed by atoms with Crippen molar-refractivity contribution < 1.29 is 4.74 Å². The Kier molecular flexibility index (Phi) is 4.34. The number of rotatable bonds is 5. The van der Waals surface area contributed by atoms with E-state index in [1.165, 1.54) is 0 Å². The summed E-state index contributed by atoms with van der Waals surface area (Å²) in [6.45, 7) is 4.53. The van der Waals surface area contributed by atoms with Crippen LogP contribution in [0, 0.1) is 0 Å². The summed E-state index contributed by atoms with van der Waals surface area (Å²) < 4.78 is 7.33. The van der Waals surface area contributed by atoms with Gasteiger partial charge in [0, 0.05) is 38.0 Å². The molecular weight excluding hydrogens is 216 g/mol. The predicted octanol–water partition coefficient (Wildman–Crippen LogP) is 1.01. The lowest BCUT2D eigenvalue weighted by Gasteiger charge is -2.20. The highest BCUT2D eigenvalue weighted by molar-refractivity contribution is 4.93. The molecule has 1 fully saturated rings. The molecule has 1 aliphatic rings. The first kappa shape index (κ1) is 12.3. The molecule has 2 unspecified atom stereocenters. The van der Waals surface area contributed by atoms with E-state index >= 15 is 0 Å². The molecule has 2 atom stereocenters. The lowest BCUT2D eigenvalue weighted by Crippen LogP contribution is -2.39. The fraction of sp³-hybridized carbons (Fsp3) is 0.615. The number of nitrogens with one attached hydrogen (secondary N) is 1. The molecule has 1 aromatic heterocycles. The van der Waals surface area contributed by atoms with E-state index in [9.17, 15) is 4.79 Å². The molecule has 4 heteroatoms. The van der Waals surface area contributed by atoms with Gasteiger partial charge >= 0.3 is 0 Å². The van der Waals surface area contributed by atoms with Crippen LogP contribution in [0.15, 0.2) is 29.2 Å². The highest BCUT2D eigenvalue weighted by atomic mass is 16.5. The summed E-state index contributed by atoms with van der Waals surface area (Å²) in [5.74, 6) is 0. The first-order valence-electron chi connectivity index (χ1n) is 6.28. The summed E-state index contributed by atoms with van der Waals surface area (Å²) >= 11 is 0. The van der Waals surface area contributed by atoms with E-state index in [1.807, 2.05) is 12.3 Å². The van der Waals surface area contributed by atoms with Gasteiger partial charge in [0.25, 0.3) is 5.56 Å². The van der Waals surface area contributed by atoms with Gasteiger partial charge in [-0.25, -0.2) is 0 Å². The average Bonchev–Trinajstić information content (AvgIpc) is 2.85. The number of ether oxygens (including phenoxy) is 1. The van der Waals surface area contributed by atoms with Crippen LogP contribution < -0.4 is 10.9 Å². The SMILES string of the molecule is CC(NCCn1ccccc1=O)C1CCCO1. The minimum Gasteiger partial charge on any atom is -0.377 e. The van der Waals surface area contributed by atoms with Gasteiger partial charge in [-0.3, -0.25) is 4.79 Å². The highest BCUT2D eigenvalue weighted by Gasteiger charge is 2.21. The van der Waals surface area contributed by atoms with Gasteiger partial charge in [0.2, 0.25) is 0 Å². The van der Waals surface area contributed by atoms with Crippen LogP contribution in [0.4, 0.5) is 0 Å². The Morgan fingerprint density at radius 3 is 3.18 bits per heavy atom. The zero-order valence-electron chi connectivity index (χ0n) is 10.3. The van der Waals surface area contributed by atoms with Gasteiger partial charge in [0.1, 0.15) is 0 Å². The quantitative estimate of drug-likeness (QED) is 0.829. The van der Waals surface area contributed by atoms with Crippen LogP contribution in [-0.2, 0) is 11.3 Å². The third-order valence-corrected chi connectivity index (χ3v) is 3.24. The van der Waals surface area contributed by atoms with Gasteiger partial charge in [0.15, 0.2) is 0 Å². The number of pyridine rings is 1. The Labute approximate surface area is 102 Å². The summed E-state index contributed by atoms with van der Waals surface area (Å²) in [7, 11) is 0. The van der Waals surface area contributed by atoms with Crippen LogP contribution in [0.2, 0.25) is 0 Å². The second-order valence-corrected chi connectivity index (χ2v) is 4.53. The molecule has 94 valence electrons. The third kappa shape index (κ3) is 3.41. The molecule has 2 heterocycles. The average molecular weight is 236 g/mol. The van der Waals surface area contributed by atoms with Crippen LogP contribution in [0.25, 0.3) is 0 Å². The lowest BCUT2D eigenvalue weighted by molar-refractivity contribution is 0.0835. The van der Waals surface area contributed by atoms with Crippen LogP contribution in [-0.4, -0.2) is 29.9 Å². The topological polar surface area (TPSA) is 43.3 Å². The molecule has 17 heavy (non-hydrogen) atoms. The van der Waals surface area contributed by atoms with Crippen LogP contribution >= 0.6 is 0 Å². The van der Waals surface area contributed by atoms with Crippen molar-refractivity contribution in [3.63, 3.8) is 0 Å². The number of nitrogens with zero attached hydrogens (tertiary/aromatic N) is 1. The second-order valence-electron chi connectivity index (χ2n) is 4.53. The molecule has 0 spiro atoms. The standard InChI is InChI=1S/C13H20N2O2/c1-11(12-5-4-10-17-12)14-7-9-15-8-3-2-6-13(15)16/h2-3,6,8,11-12,14H,4-5,7,9-10H2,1H3. The van der Waals surface area contributed by atoms with Crippen LogP contribution in [0.3, 0.4) is 0 Å². The Morgan fingerprint density at radius 2 is 2.47 bits per heavy atom. The zero-order chi connectivity index (χ0) is 12.1. The van der Waals surface area contributed by atoms with Gasteiger partial charge in [-0.2, -0.15) is 0 Å². The summed E-state index contributed by atoms with van der Waals surface area (Å²) in [6.07, 6.45) is 4.46. The van der Waals surface area contributed by atoms with Crippen molar-refractivity contribution in [2.75, 3.05) is 13.2 Å². The monoisotopic (exact) mass is 236 g/mol. The number of aromatic nitrogens is 1. The molecule has 1 aromatic rings. The fourth-order valence-corrected chi connectivity index (χ4v) is 2.19. The molecule has 0 bridgehead atoms. The second kappa shape index (κ2) is 5.98. The summed E-state index contributed by atoms with van der Waals surface area (Å²) in [6, 6.07) is 5.59. The molecule has 1 N–H and O–H groups in total. The van der Waals surface area contributed by atoms with Crippen molar-refractivity contribution in [2.24, 2.45) is 0 Å². The Morgan fingerprint density at radius 1 is 1.59 bits per heavy atom. The van der Waals surface area contributed by atoms with Crippen LogP contribution in [0.1, 0.15) is 19.8 Å². The normalized spacial score (nSPS) is 21.6. The molecule has 1 aliphatic heterocycles. The van der Waals surface area contributed by atoms with Crippen molar-refractivity contribution in [2.45, 2.75) is 38.5 Å². The maximum Gasteiger partial charge on any atom is 0.250 e. The zero-order valence-corrected chi connectivity index (χ0v) is 10.3. The highest BCUT2D eigenvalue weighted by Crippen LogP contribution is 2.14. The van der Waals surface area contributed by atoms with E-state index < -0.39 is 0 Å². The van der Waals surface area contributed by atoms with E-state index in [0.29, 0.717) is 18.7 Å². The van der Waals surface area contributed by atoms with E-state index in [-0.39, 0.29) is 5.56 Å². The molecule has 0 aromatic carbocycles.